The highest BCUT2D eigenvalue weighted by atomic mass is 16.5. The van der Waals surface area contributed by atoms with Gasteiger partial charge in [-0.05, 0) is 29.3 Å². The fourth-order valence-corrected chi connectivity index (χ4v) is 2.42. The number of carbonyl (C=O) groups excluding carboxylic acids is 1. The maximum absolute atomic E-state index is 11.9. The largest absolute Gasteiger partial charge is 0.493 e. The molecular weight excluding hydrogens is 266 g/mol. The van der Waals surface area contributed by atoms with E-state index >= 15 is 0 Å². The van der Waals surface area contributed by atoms with Crippen LogP contribution in [0.25, 0.3) is 0 Å². The number of nitrogen functional groups attached to an aromatic ring is 1. The van der Waals surface area contributed by atoms with Gasteiger partial charge in [-0.1, -0.05) is 24.3 Å². The highest BCUT2D eigenvalue weighted by Crippen LogP contribution is 2.26. The Morgan fingerprint density at radius 2 is 2.10 bits per heavy atom. The predicted molar refractivity (Wildman–Crippen MR) is 80.5 cm³/mol. The molecule has 0 aromatic heterocycles. The van der Waals surface area contributed by atoms with E-state index in [-0.39, 0.29) is 5.97 Å². The SMILES string of the molecule is Nc1ccccc1C(=O)OCCc1ccc2c(c1)CCO2. The second-order valence-electron chi connectivity index (χ2n) is 5.01. The summed E-state index contributed by atoms with van der Waals surface area (Å²) in [6.45, 7) is 1.09. The van der Waals surface area contributed by atoms with Crippen LogP contribution >= 0.6 is 0 Å². The van der Waals surface area contributed by atoms with Crippen LogP contribution in [0.4, 0.5) is 5.69 Å². The molecule has 0 saturated carbocycles. The quantitative estimate of drug-likeness (QED) is 0.692. The van der Waals surface area contributed by atoms with Gasteiger partial charge in [0.25, 0.3) is 0 Å². The Morgan fingerprint density at radius 3 is 2.95 bits per heavy atom. The Morgan fingerprint density at radius 1 is 1.24 bits per heavy atom. The molecule has 0 fully saturated rings. The first kappa shape index (κ1) is 13.5. The maximum Gasteiger partial charge on any atom is 0.340 e. The molecule has 2 aromatic carbocycles. The zero-order valence-corrected chi connectivity index (χ0v) is 11.7. The zero-order valence-electron chi connectivity index (χ0n) is 11.7. The van der Waals surface area contributed by atoms with Crippen LogP contribution in [0.2, 0.25) is 0 Å². The van der Waals surface area contributed by atoms with E-state index in [9.17, 15) is 4.79 Å². The molecule has 2 N–H and O–H groups in total. The molecule has 4 heteroatoms. The molecule has 1 heterocycles. The Kier molecular flexibility index (Phi) is 3.77. The molecule has 3 rings (SSSR count). The number of rotatable bonds is 4. The number of anilines is 1. The van der Waals surface area contributed by atoms with Crippen LogP contribution in [0.15, 0.2) is 42.5 Å². The number of carbonyl (C=O) groups is 1. The third-order valence-corrected chi connectivity index (χ3v) is 3.56. The van der Waals surface area contributed by atoms with Crippen molar-refractivity contribution in [1.29, 1.82) is 0 Å². The van der Waals surface area contributed by atoms with Gasteiger partial charge in [0.05, 0.1) is 18.8 Å². The molecule has 2 aromatic rings. The van der Waals surface area contributed by atoms with Gasteiger partial charge in [-0.15, -0.1) is 0 Å². The number of nitrogens with two attached hydrogens (primary N) is 1. The van der Waals surface area contributed by atoms with Crippen molar-refractivity contribution < 1.29 is 14.3 Å². The maximum atomic E-state index is 11.9. The van der Waals surface area contributed by atoms with Crippen molar-refractivity contribution in [2.75, 3.05) is 18.9 Å². The van der Waals surface area contributed by atoms with Crippen LogP contribution in [0.5, 0.6) is 5.75 Å². The summed E-state index contributed by atoms with van der Waals surface area (Å²) >= 11 is 0. The summed E-state index contributed by atoms with van der Waals surface area (Å²) in [5.41, 5.74) is 8.98. The van der Waals surface area contributed by atoms with Crippen molar-refractivity contribution in [1.82, 2.24) is 0 Å². The molecule has 0 saturated heterocycles. The third kappa shape index (κ3) is 2.99. The molecule has 0 radical (unpaired) electrons. The van der Waals surface area contributed by atoms with Crippen molar-refractivity contribution in [3.05, 3.63) is 59.2 Å². The highest BCUT2D eigenvalue weighted by Gasteiger charge is 2.13. The van der Waals surface area contributed by atoms with Crippen LogP contribution in [0.3, 0.4) is 0 Å². The van der Waals surface area contributed by atoms with Crippen molar-refractivity contribution in [3.63, 3.8) is 0 Å². The second-order valence-corrected chi connectivity index (χ2v) is 5.01. The summed E-state index contributed by atoms with van der Waals surface area (Å²) < 4.78 is 10.7. The van der Waals surface area contributed by atoms with E-state index in [1.807, 2.05) is 12.1 Å². The number of esters is 1. The first-order chi connectivity index (χ1) is 10.2. The lowest BCUT2D eigenvalue weighted by molar-refractivity contribution is 0.0510. The van der Waals surface area contributed by atoms with Crippen molar-refractivity contribution >= 4 is 11.7 Å². The average Bonchev–Trinajstić information content (AvgIpc) is 2.95. The van der Waals surface area contributed by atoms with E-state index in [0.717, 1.165) is 24.3 Å². The third-order valence-electron chi connectivity index (χ3n) is 3.56. The highest BCUT2D eigenvalue weighted by molar-refractivity contribution is 5.94. The molecule has 0 spiro atoms. The van der Waals surface area contributed by atoms with Crippen molar-refractivity contribution in [3.8, 4) is 5.75 Å². The van der Waals surface area contributed by atoms with Crippen LogP contribution in [0.1, 0.15) is 21.5 Å². The first-order valence-electron chi connectivity index (χ1n) is 7.00. The van der Waals surface area contributed by atoms with E-state index in [2.05, 4.69) is 6.07 Å². The molecule has 0 bridgehead atoms. The molecule has 4 nitrogen and oxygen atoms in total. The topological polar surface area (TPSA) is 61.6 Å². The number of ether oxygens (including phenoxy) is 2. The van der Waals surface area contributed by atoms with E-state index in [0.29, 0.717) is 24.3 Å². The van der Waals surface area contributed by atoms with Gasteiger partial charge in [-0.2, -0.15) is 0 Å². The molecule has 21 heavy (non-hydrogen) atoms. The number of fused-ring (bicyclic) bond motifs is 1. The molecule has 108 valence electrons. The van der Waals surface area contributed by atoms with Gasteiger partial charge in [0.1, 0.15) is 5.75 Å². The molecule has 0 unspecified atom stereocenters. The van der Waals surface area contributed by atoms with Gasteiger partial charge in [0.2, 0.25) is 0 Å². The summed E-state index contributed by atoms with van der Waals surface area (Å²) in [6, 6.07) is 13.0. The van der Waals surface area contributed by atoms with Gasteiger partial charge in [0, 0.05) is 18.5 Å². The predicted octanol–water partition coefficient (Wildman–Crippen LogP) is 2.60. The van der Waals surface area contributed by atoms with Crippen LogP contribution < -0.4 is 10.5 Å². The van der Waals surface area contributed by atoms with Crippen LogP contribution in [0, 0.1) is 0 Å². The van der Waals surface area contributed by atoms with Gasteiger partial charge in [-0.3, -0.25) is 0 Å². The smallest absolute Gasteiger partial charge is 0.340 e. The fourth-order valence-electron chi connectivity index (χ4n) is 2.42. The Hall–Kier alpha value is -2.49. The van der Waals surface area contributed by atoms with Gasteiger partial charge < -0.3 is 15.2 Å². The molecule has 0 amide bonds. The molecule has 0 atom stereocenters. The van der Waals surface area contributed by atoms with Crippen LogP contribution in [-0.2, 0) is 17.6 Å². The summed E-state index contributed by atoms with van der Waals surface area (Å²) in [4.78, 5) is 11.9. The first-order valence-corrected chi connectivity index (χ1v) is 7.00. The second kappa shape index (κ2) is 5.87. The monoisotopic (exact) mass is 283 g/mol. The minimum atomic E-state index is -0.377. The Balaban J connectivity index is 1.57. The Labute approximate surface area is 123 Å². The lowest BCUT2D eigenvalue weighted by atomic mass is 10.1. The summed E-state index contributed by atoms with van der Waals surface area (Å²) in [5.74, 6) is 0.588. The minimum Gasteiger partial charge on any atom is -0.493 e. The van der Waals surface area contributed by atoms with Gasteiger partial charge in [0.15, 0.2) is 0 Å². The number of hydrogen-bond acceptors (Lipinski definition) is 4. The molecular formula is C17H17NO3. The van der Waals surface area contributed by atoms with E-state index in [4.69, 9.17) is 15.2 Å². The summed E-state index contributed by atoms with van der Waals surface area (Å²) in [7, 11) is 0. The lowest BCUT2D eigenvalue weighted by Gasteiger charge is -2.07. The minimum absolute atomic E-state index is 0.340. The number of hydrogen-bond donors (Lipinski definition) is 1. The molecule has 0 aliphatic carbocycles. The average molecular weight is 283 g/mol. The van der Waals surface area contributed by atoms with E-state index < -0.39 is 0 Å². The van der Waals surface area contributed by atoms with Crippen molar-refractivity contribution in [2.24, 2.45) is 0 Å². The number of benzene rings is 2. The summed E-state index contributed by atoms with van der Waals surface area (Å²) in [6.07, 6.45) is 1.63. The van der Waals surface area contributed by atoms with E-state index in [1.165, 1.54) is 5.56 Å². The normalized spacial score (nSPS) is 12.6. The van der Waals surface area contributed by atoms with Crippen LogP contribution in [-0.4, -0.2) is 19.2 Å². The van der Waals surface area contributed by atoms with Gasteiger partial charge >= 0.3 is 5.97 Å². The fraction of sp³-hybridized carbons (Fsp3) is 0.235. The molecule has 1 aliphatic rings. The standard InChI is InChI=1S/C17H17NO3/c18-15-4-2-1-3-14(15)17(19)21-9-7-12-5-6-16-13(11-12)8-10-20-16/h1-6,11H,7-10,18H2. The summed E-state index contributed by atoms with van der Waals surface area (Å²) in [5, 5.41) is 0. The Bertz CT molecular complexity index is 667. The zero-order chi connectivity index (χ0) is 14.7. The molecule has 1 aliphatic heterocycles. The van der Waals surface area contributed by atoms with Gasteiger partial charge in [-0.25, -0.2) is 4.79 Å². The van der Waals surface area contributed by atoms with E-state index in [1.54, 1.807) is 24.3 Å². The number of para-hydroxylation sites is 1. The lowest BCUT2D eigenvalue weighted by Crippen LogP contribution is -2.10. The van der Waals surface area contributed by atoms with Crippen molar-refractivity contribution in [2.45, 2.75) is 12.8 Å².